The smallest absolute Gasteiger partial charge is 0.197 e. The first-order chi connectivity index (χ1) is 12.8. The Labute approximate surface area is 155 Å². The van der Waals surface area contributed by atoms with Gasteiger partial charge in [0, 0.05) is 11.8 Å². The monoisotopic (exact) mass is 388 g/mol. The van der Waals surface area contributed by atoms with E-state index in [-0.39, 0.29) is 40.8 Å². The lowest BCUT2D eigenvalue weighted by Crippen LogP contribution is -2.09. The maximum Gasteiger partial charge on any atom is 0.197 e. The van der Waals surface area contributed by atoms with Gasteiger partial charge in [-0.1, -0.05) is 12.1 Å². The minimum atomic E-state index is -3.40. The van der Waals surface area contributed by atoms with E-state index in [1.807, 2.05) is 0 Å². The summed E-state index contributed by atoms with van der Waals surface area (Å²) in [5.41, 5.74) is 0.498. The van der Waals surface area contributed by atoms with Crippen molar-refractivity contribution in [3.8, 4) is 5.75 Å². The Hall–Kier alpha value is -2.77. The molecule has 7 heteroatoms. The van der Waals surface area contributed by atoms with Crippen molar-refractivity contribution in [1.82, 2.24) is 0 Å². The first-order valence-electron chi connectivity index (χ1n) is 8.12. The molecule has 5 nitrogen and oxygen atoms in total. The third-order valence-corrected chi connectivity index (χ3v) is 5.17. The van der Waals surface area contributed by atoms with Crippen LogP contribution in [0.5, 0.6) is 5.75 Å². The summed E-state index contributed by atoms with van der Waals surface area (Å²) in [6, 6.07) is 12.8. The van der Waals surface area contributed by atoms with E-state index in [1.54, 1.807) is 18.2 Å². The first kappa shape index (κ1) is 19.0. The quantitative estimate of drug-likeness (QED) is 0.657. The molecule has 0 fully saturated rings. The molecule has 0 aromatic heterocycles. The Kier molecular flexibility index (Phi) is 5.25. The molecule has 0 amide bonds. The Balaban J connectivity index is 2.21. The van der Waals surface area contributed by atoms with E-state index in [2.05, 4.69) is 0 Å². The summed E-state index contributed by atoms with van der Waals surface area (Å²) in [7, 11) is -3.40. The second kappa shape index (κ2) is 7.46. The van der Waals surface area contributed by atoms with Crippen LogP contribution in [0.15, 0.2) is 59.5 Å². The lowest BCUT2D eigenvalue weighted by molar-refractivity contribution is 0.103. The molecule has 0 aliphatic carbocycles. The summed E-state index contributed by atoms with van der Waals surface area (Å²) >= 11 is 0. The molecule has 3 rings (SSSR count). The van der Waals surface area contributed by atoms with Crippen molar-refractivity contribution in [2.75, 3.05) is 19.5 Å². The van der Waals surface area contributed by atoms with Crippen molar-refractivity contribution < 1.29 is 27.4 Å². The molecule has 0 radical (unpaired) electrons. The Morgan fingerprint density at radius 2 is 1.78 bits per heavy atom. The molecule has 0 saturated heterocycles. The summed E-state index contributed by atoms with van der Waals surface area (Å²) < 4.78 is 42.3. The molecular weight excluding hydrogens is 371 g/mol. The van der Waals surface area contributed by atoms with Gasteiger partial charge in [-0.25, -0.2) is 12.8 Å². The average Bonchev–Trinajstić information content (AvgIpc) is 2.64. The molecule has 3 aromatic carbocycles. The summed E-state index contributed by atoms with van der Waals surface area (Å²) in [6.07, 6.45) is 1.11. The predicted octanol–water partition coefficient (Wildman–Crippen LogP) is 2.98. The van der Waals surface area contributed by atoms with Crippen molar-refractivity contribution in [1.29, 1.82) is 0 Å². The Morgan fingerprint density at radius 3 is 2.41 bits per heavy atom. The van der Waals surface area contributed by atoms with Crippen LogP contribution in [-0.2, 0) is 9.84 Å². The van der Waals surface area contributed by atoms with Gasteiger partial charge < -0.3 is 9.84 Å². The highest BCUT2D eigenvalue weighted by Gasteiger charge is 2.20. The van der Waals surface area contributed by atoms with Crippen molar-refractivity contribution in [3.63, 3.8) is 0 Å². The van der Waals surface area contributed by atoms with Gasteiger partial charge in [0.1, 0.15) is 18.2 Å². The van der Waals surface area contributed by atoms with E-state index < -0.39 is 15.7 Å². The van der Waals surface area contributed by atoms with Gasteiger partial charge in [0.15, 0.2) is 15.6 Å². The Morgan fingerprint density at radius 1 is 1.07 bits per heavy atom. The van der Waals surface area contributed by atoms with Gasteiger partial charge in [-0.2, -0.15) is 0 Å². The number of sulfone groups is 1. The zero-order valence-corrected chi connectivity index (χ0v) is 15.3. The standard InChI is InChI=1S/C20H17FO5S/c1-27(24,25)16-7-8-17-14(12-16)4-9-18(26-11-10-22)19(17)20(23)13-2-5-15(21)6-3-13/h2-9,12,22H,10-11H2,1H3. The Bertz CT molecular complexity index is 1110. The second-order valence-corrected chi connectivity index (χ2v) is 8.02. The van der Waals surface area contributed by atoms with Crippen molar-refractivity contribution in [3.05, 3.63) is 71.5 Å². The highest BCUT2D eigenvalue weighted by atomic mass is 32.2. The molecule has 1 N–H and O–H groups in total. The van der Waals surface area contributed by atoms with Crippen LogP contribution >= 0.6 is 0 Å². The van der Waals surface area contributed by atoms with Crippen LogP contribution in [0.4, 0.5) is 4.39 Å². The number of halogens is 1. The molecule has 0 aliphatic rings. The fourth-order valence-corrected chi connectivity index (χ4v) is 3.43. The van der Waals surface area contributed by atoms with Crippen LogP contribution in [0.1, 0.15) is 15.9 Å². The molecule has 0 saturated carbocycles. The number of fused-ring (bicyclic) bond motifs is 1. The number of rotatable bonds is 6. The molecule has 0 bridgehead atoms. The number of hydrogen-bond donors (Lipinski definition) is 1. The zero-order chi connectivity index (χ0) is 19.6. The fraction of sp³-hybridized carbons (Fsp3) is 0.150. The maximum absolute atomic E-state index is 13.2. The summed E-state index contributed by atoms with van der Waals surface area (Å²) in [5.74, 6) is -0.586. The van der Waals surface area contributed by atoms with Gasteiger partial charge >= 0.3 is 0 Å². The largest absolute Gasteiger partial charge is 0.490 e. The molecule has 0 atom stereocenters. The van der Waals surface area contributed by atoms with E-state index in [1.165, 1.54) is 36.4 Å². The zero-order valence-electron chi connectivity index (χ0n) is 14.5. The van der Waals surface area contributed by atoms with Crippen molar-refractivity contribution in [2.45, 2.75) is 4.90 Å². The summed E-state index contributed by atoms with van der Waals surface area (Å²) in [5, 5.41) is 10.1. The maximum atomic E-state index is 13.2. The molecule has 140 valence electrons. The van der Waals surface area contributed by atoms with Crippen LogP contribution in [-0.4, -0.2) is 38.8 Å². The second-order valence-electron chi connectivity index (χ2n) is 6.00. The minimum Gasteiger partial charge on any atom is -0.490 e. The van der Waals surface area contributed by atoms with Gasteiger partial charge in [-0.15, -0.1) is 0 Å². The molecule has 0 heterocycles. The van der Waals surface area contributed by atoms with Crippen LogP contribution in [0.2, 0.25) is 0 Å². The number of ether oxygens (including phenoxy) is 1. The van der Waals surface area contributed by atoms with Crippen molar-refractivity contribution >= 4 is 26.4 Å². The number of carbonyl (C=O) groups is 1. The fourth-order valence-electron chi connectivity index (χ4n) is 2.77. The van der Waals surface area contributed by atoms with Gasteiger partial charge in [-0.3, -0.25) is 4.79 Å². The summed E-state index contributed by atoms with van der Waals surface area (Å²) in [4.78, 5) is 13.2. The highest BCUT2D eigenvalue weighted by Crippen LogP contribution is 2.32. The lowest BCUT2D eigenvalue weighted by atomic mass is 9.96. The third kappa shape index (κ3) is 3.99. The average molecular weight is 388 g/mol. The molecule has 3 aromatic rings. The van der Waals surface area contributed by atoms with E-state index in [0.717, 1.165) is 6.26 Å². The number of aliphatic hydroxyl groups excluding tert-OH is 1. The normalized spacial score (nSPS) is 11.5. The molecule has 0 unspecified atom stereocenters. The number of aliphatic hydroxyl groups is 1. The lowest BCUT2D eigenvalue weighted by Gasteiger charge is -2.14. The highest BCUT2D eigenvalue weighted by molar-refractivity contribution is 7.90. The third-order valence-electron chi connectivity index (χ3n) is 4.06. The molecule has 0 spiro atoms. The first-order valence-corrected chi connectivity index (χ1v) is 10.0. The van der Waals surface area contributed by atoms with Crippen molar-refractivity contribution in [2.24, 2.45) is 0 Å². The number of benzene rings is 3. The van der Waals surface area contributed by atoms with Crippen LogP contribution in [0.3, 0.4) is 0 Å². The topological polar surface area (TPSA) is 80.7 Å². The van der Waals surface area contributed by atoms with Crippen LogP contribution in [0, 0.1) is 5.82 Å². The van der Waals surface area contributed by atoms with E-state index in [0.29, 0.717) is 10.8 Å². The van der Waals surface area contributed by atoms with Gasteiger partial charge in [0.25, 0.3) is 0 Å². The van der Waals surface area contributed by atoms with Gasteiger partial charge in [0.05, 0.1) is 17.1 Å². The van der Waals surface area contributed by atoms with Crippen LogP contribution in [0.25, 0.3) is 10.8 Å². The molecule has 0 aliphatic heterocycles. The summed E-state index contributed by atoms with van der Waals surface area (Å²) in [6.45, 7) is -0.230. The number of hydrogen-bond acceptors (Lipinski definition) is 5. The van der Waals surface area contributed by atoms with E-state index >= 15 is 0 Å². The molecule has 27 heavy (non-hydrogen) atoms. The predicted molar refractivity (Wildman–Crippen MR) is 99.5 cm³/mol. The van der Waals surface area contributed by atoms with E-state index in [9.17, 15) is 17.6 Å². The van der Waals surface area contributed by atoms with Crippen LogP contribution < -0.4 is 4.74 Å². The number of carbonyl (C=O) groups excluding carboxylic acids is 1. The number of ketones is 1. The molecular formula is C20H17FO5S. The van der Waals surface area contributed by atoms with Gasteiger partial charge in [-0.05, 0) is 53.2 Å². The minimum absolute atomic E-state index is 0.00335. The SMILES string of the molecule is CS(=O)(=O)c1ccc2c(C(=O)c3ccc(F)cc3)c(OCCO)ccc2c1. The van der Waals surface area contributed by atoms with Gasteiger partial charge in [0.2, 0.25) is 0 Å². The van der Waals surface area contributed by atoms with E-state index in [4.69, 9.17) is 9.84 Å².